The summed E-state index contributed by atoms with van der Waals surface area (Å²) < 4.78 is 0. The van der Waals surface area contributed by atoms with Crippen LogP contribution in [-0.2, 0) is 9.59 Å². The molecule has 6 heterocycles. The number of likely N-dealkylation sites (N-methyl/N-ethyl adjacent to an activating group) is 1. The summed E-state index contributed by atoms with van der Waals surface area (Å²) in [6.07, 6.45) is 14.8. The summed E-state index contributed by atoms with van der Waals surface area (Å²) in [5.41, 5.74) is 13.4. The van der Waals surface area contributed by atoms with Crippen molar-refractivity contribution in [3.05, 3.63) is 167 Å². The smallest absolute Gasteiger partial charge is 0.253 e. The van der Waals surface area contributed by atoms with Crippen LogP contribution in [0.4, 0.5) is 23.3 Å². The van der Waals surface area contributed by atoms with E-state index in [4.69, 9.17) is 45.5 Å². The number of carbonyl (C=O) groups is 4. The number of alkyl halides is 1. The van der Waals surface area contributed by atoms with Crippen LogP contribution in [0.25, 0.3) is 44.3 Å². The number of carbonyl (C=O) groups excluding carboxylic acids is 4. The highest BCUT2D eigenvalue weighted by molar-refractivity contribution is 9.09. The average Bonchev–Trinajstić information content (AvgIpc) is 4.30. The Morgan fingerprint density at radius 1 is 0.701 bits per heavy atom. The third kappa shape index (κ3) is 14.9. The van der Waals surface area contributed by atoms with E-state index in [1.54, 1.807) is 73.1 Å². The monoisotopic (exact) mass is 1160 g/mol. The van der Waals surface area contributed by atoms with Crippen LogP contribution in [0.5, 0.6) is 0 Å². The first-order valence-electron chi connectivity index (χ1n) is 24.5. The molecule has 0 saturated carbocycles. The van der Waals surface area contributed by atoms with E-state index >= 15 is 0 Å². The van der Waals surface area contributed by atoms with Gasteiger partial charge in [-0.1, -0.05) is 87.7 Å². The van der Waals surface area contributed by atoms with Crippen LogP contribution in [0.1, 0.15) is 33.6 Å². The Labute approximate surface area is 468 Å². The number of para-hydroxylation sites is 2. The van der Waals surface area contributed by atoms with E-state index in [2.05, 4.69) is 56.8 Å². The van der Waals surface area contributed by atoms with Gasteiger partial charge in [-0.05, 0) is 105 Å². The fourth-order valence-corrected chi connectivity index (χ4v) is 9.32. The number of aromatic nitrogens is 6. The molecule has 10 rings (SSSR count). The van der Waals surface area contributed by atoms with Gasteiger partial charge in [0, 0.05) is 124 Å². The van der Waals surface area contributed by atoms with Crippen LogP contribution in [0.3, 0.4) is 0 Å². The van der Waals surface area contributed by atoms with Crippen LogP contribution in [0.2, 0.25) is 10.0 Å². The summed E-state index contributed by atoms with van der Waals surface area (Å²) in [6, 6.07) is 30.0. The Morgan fingerprint density at radius 3 is 1.64 bits per heavy atom. The number of anilines is 4. The molecule has 0 aliphatic carbocycles. The lowest BCUT2D eigenvalue weighted by molar-refractivity contribution is -0.112. The highest BCUT2D eigenvalue weighted by Gasteiger charge is 2.29. The van der Waals surface area contributed by atoms with E-state index < -0.39 is 5.24 Å². The van der Waals surface area contributed by atoms with Crippen molar-refractivity contribution in [1.29, 1.82) is 0 Å². The topological polar surface area (TPSA) is 223 Å². The number of allylic oxidation sites excluding steroid dienone is 2. The van der Waals surface area contributed by atoms with Gasteiger partial charge in [-0.25, -0.2) is 19.9 Å². The van der Waals surface area contributed by atoms with E-state index in [0.717, 1.165) is 45.8 Å². The molecule has 2 saturated heterocycles. The van der Waals surface area contributed by atoms with Crippen molar-refractivity contribution < 1.29 is 19.2 Å². The molecule has 17 nitrogen and oxygen atoms in total. The molecule has 0 bridgehead atoms. The second-order valence-corrected chi connectivity index (χ2v) is 20.1. The summed E-state index contributed by atoms with van der Waals surface area (Å²) in [4.78, 5) is 78.0. The maximum Gasteiger partial charge on any atom is 0.253 e. The van der Waals surface area contributed by atoms with Gasteiger partial charge >= 0.3 is 0 Å². The lowest BCUT2D eigenvalue weighted by atomic mass is 10.1. The molecule has 0 radical (unpaired) electrons. The van der Waals surface area contributed by atoms with Gasteiger partial charge in [-0.15, -0.1) is 0 Å². The third-order valence-electron chi connectivity index (χ3n) is 12.4. The molecule has 21 heteroatoms. The number of halogens is 4. The van der Waals surface area contributed by atoms with Gasteiger partial charge in [-0.2, -0.15) is 0 Å². The molecule has 2 aliphatic rings. The van der Waals surface area contributed by atoms with Gasteiger partial charge in [0.25, 0.3) is 11.8 Å². The SMILES string of the molecule is CN(C)C/C=C/C(=O)Nc1ccc(C(=O)N2CC[C@@H](Nc3ncc(Cl)c(-c4c[nH]c5ccccc45)n3)C2)cc1.Nc1ccc(C(=O)N2CC[C@@H](Nc3ncc(Cl)c(-c4c[nH]c5ccccc45)n3)C2)cc1.O=C(Cl)/C=C/CBr. The van der Waals surface area contributed by atoms with Crippen molar-refractivity contribution >= 4 is 119 Å². The van der Waals surface area contributed by atoms with Gasteiger partial charge in [-0.3, -0.25) is 19.2 Å². The second kappa shape index (κ2) is 26.4. The lowest BCUT2D eigenvalue weighted by Crippen LogP contribution is -2.31. The van der Waals surface area contributed by atoms with Crippen LogP contribution in [0.15, 0.2) is 146 Å². The number of hydrogen-bond donors (Lipinski definition) is 6. The number of fused-ring (bicyclic) bond motifs is 2. The predicted octanol–water partition coefficient (Wildman–Crippen LogP) is 10.6. The second-order valence-electron chi connectivity index (χ2n) is 18.3. The molecular weight excluding hydrogens is 1100 g/mol. The molecule has 2 atom stereocenters. The number of rotatable bonds is 14. The quantitative estimate of drug-likeness (QED) is 0.0259. The molecule has 7 N–H and O–H groups in total. The number of nitrogens with one attached hydrogen (secondary N) is 5. The van der Waals surface area contributed by atoms with Crippen molar-refractivity contribution in [2.75, 3.05) is 73.8 Å². The lowest BCUT2D eigenvalue weighted by Gasteiger charge is -2.18. The number of hydrogen-bond acceptors (Lipinski definition) is 12. The number of aromatic amines is 2. The maximum atomic E-state index is 13.1. The molecule has 396 valence electrons. The first-order valence-corrected chi connectivity index (χ1v) is 26.8. The van der Waals surface area contributed by atoms with E-state index in [1.165, 1.54) is 12.2 Å². The largest absolute Gasteiger partial charge is 0.399 e. The van der Waals surface area contributed by atoms with Crippen molar-refractivity contribution in [2.24, 2.45) is 0 Å². The molecule has 3 amide bonds. The van der Waals surface area contributed by atoms with Gasteiger partial charge in [0.05, 0.1) is 33.8 Å². The van der Waals surface area contributed by atoms with Gasteiger partial charge in [0.2, 0.25) is 23.0 Å². The summed E-state index contributed by atoms with van der Waals surface area (Å²) in [7, 11) is 3.87. The molecule has 0 spiro atoms. The zero-order valence-electron chi connectivity index (χ0n) is 42.0. The first kappa shape index (κ1) is 55.6. The zero-order chi connectivity index (χ0) is 54.4. The van der Waals surface area contributed by atoms with Crippen LogP contribution >= 0.6 is 50.7 Å². The number of nitrogens with two attached hydrogens (primary N) is 1. The summed E-state index contributed by atoms with van der Waals surface area (Å²) >= 11 is 20.9. The minimum atomic E-state index is -0.431. The van der Waals surface area contributed by atoms with E-state index in [9.17, 15) is 19.2 Å². The van der Waals surface area contributed by atoms with E-state index in [-0.39, 0.29) is 29.8 Å². The Kier molecular flexibility index (Phi) is 19.1. The van der Waals surface area contributed by atoms with Crippen molar-refractivity contribution in [1.82, 2.24) is 44.6 Å². The Balaban J connectivity index is 0.000000185. The average molecular weight is 1160 g/mol. The van der Waals surface area contributed by atoms with E-state index in [1.807, 2.05) is 89.7 Å². The molecule has 77 heavy (non-hydrogen) atoms. The number of nitrogen functional groups attached to an aromatic ring is 1. The van der Waals surface area contributed by atoms with Gasteiger partial charge < -0.3 is 46.4 Å². The fourth-order valence-electron chi connectivity index (χ4n) is 8.65. The molecule has 2 fully saturated rings. The number of nitrogens with zero attached hydrogens (tertiary/aromatic N) is 7. The summed E-state index contributed by atoms with van der Waals surface area (Å²) in [5, 5.41) is 12.8. The summed E-state index contributed by atoms with van der Waals surface area (Å²) in [6.45, 7) is 3.08. The molecule has 4 aromatic heterocycles. The Bertz CT molecular complexity index is 3420. The third-order valence-corrected chi connectivity index (χ3v) is 13.5. The molecule has 8 aromatic rings. The predicted molar refractivity (Wildman–Crippen MR) is 312 cm³/mol. The Hall–Kier alpha value is -7.61. The number of likely N-dealkylation sites (tertiary alicyclic amines) is 2. The molecular formula is C56H55BrCl3N13O4. The van der Waals surface area contributed by atoms with Crippen molar-refractivity contribution in [3.8, 4) is 22.5 Å². The van der Waals surface area contributed by atoms with Gasteiger partial charge in [0.1, 0.15) is 0 Å². The van der Waals surface area contributed by atoms with E-state index in [0.29, 0.717) is 93.9 Å². The van der Waals surface area contributed by atoms with Crippen molar-refractivity contribution in [3.63, 3.8) is 0 Å². The van der Waals surface area contributed by atoms with Gasteiger partial charge in [0.15, 0.2) is 0 Å². The molecule has 4 aromatic carbocycles. The number of benzene rings is 4. The Morgan fingerprint density at radius 2 is 1.18 bits per heavy atom. The highest BCUT2D eigenvalue weighted by atomic mass is 79.9. The zero-order valence-corrected chi connectivity index (χ0v) is 45.9. The first-order chi connectivity index (χ1) is 37.2. The summed E-state index contributed by atoms with van der Waals surface area (Å²) in [5.74, 6) is 0.706. The highest BCUT2D eigenvalue weighted by Crippen LogP contribution is 2.34. The number of H-pyrrole nitrogens is 2. The van der Waals surface area contributed by atoms with Crippen molar-refractivity contribution in [2.45, 2.75) is 24.9 Å². The van der Waals surface area contributed by atoms with Crippen LogP contribution < -0.4 is 21.7 Å². The van der Waals surface area contributed by atoms with Crippen LogP contribution in [0, 0.1) is 0 Å². The van der Waals surface area contributed by atoms with Crippen LogP contribution in [-0.4, -0.2) is 132 Å². The molecule has 0 unspecified atom stereocenters. The normalized spacial score (nSPS) is 15.2. The number of amides is 3. The minimum absolute atomic E-state index is 0.000746. The minimum Gasteiger partial charge on any atom is -0.399 e. The maximum absolute atomic E-state index is 13.1. The standard InChI is InChI=1S/C29H30ClN7O2.C23H21ClN6O.C4H4BrClO/c1-36(2)14-5-8-26(38)33-20-11-9-19(10-12-20)28(39)37-15-13-21(18-37)34-29-32-17-24(30)27(35-29)23-16-31-25-7-4-3-6-22(23)25;24-19-12-27-23(29-21(19)18-11-26-20-4-2-1-3-17(18)20)28-16-9-10-30(13-16)22(31)14-5-7-15(25)8-6-14;5-3-1-2-4(6)7/h3-12,16-17,21,31H,13-15,18H2,1-2H3,(H,33,38)(H,32,34,35);1-8,11-12,16,26H,9-10,13,25H2,(H,27,28,29);1-2H,3H2/b8-5+;;2-1+/t21-;16-;/m11./s1. The molecule has 2 aliphatic heterocycles. The fraction of sp³-hybridized carbons (Fsp3) is 0.214.